The molecule has 1 heterocycles. The smallest absolute Gasteiger partial charge is 0.233 e. The molecule has 5 nitrogen and oxygen atoms in total. The molecule has 6 heteroatoms. The molecule has 0 saturated carbocycles. The molecule has 1 fully saturated rings. The fourth-order valence-corrected chi connectivity index (χ4v) is 4.21. The number of nitrogens with one attached hydrogen (secondary N) is 1. The van der Waals surface area contributed by atoms with Crippen molar-refractivity contribution in [3.8, 4) is 0 Å². The average Bonchev–Trinajstić information content (AvgIpc) is 2.78. The van der Waals surface area contributed by atoms with Gasteiger partial charge in [0.1, 0.15) is 0 Å². The molecule has 0 aromatic heterocycles. The van der Waals surface area contributed by atoms with Crippen LogP contribution in [0.5, 0.6) is 0 Å². The van der Waals surface area contributed by atoms with Crippen molar-refractivity contribution < 1.29 is 14.4 Å². The zero-order chi connectivity index (χ0) is 21.2. The van der Waals surface area contributed by atoms with Gasteiger partial charge in [-0.25, -0.2) is 0 Å². The number of carbonyl (C=O) groups is 3. The van der Waals surface area contributed by atoms with Crippen LogP contribution in [-0.4, -0.2) is 44.7 Å². The monoisotopic (exact) mass is 398 g/mol. The Kier molecular flexibility index (Phi) is 7.59. The maximum absolute atomic E-state index is 12.9. The number of rotatable bonds is 8. The summed E-state index contributed by atoms with van der Waals surface area (Å²) in [7, 11) is 0. The van der Waals surface area contributed by atoms with Gasteiger partial charge in [0.05, 0.1) is 11.7 Å². The summed E-state index contributed by atoms with van der Waals surface area (Å²) in [5.74, 6) is 0.108. The molecule has 1 N–H and O–H groups in total. The Hall–Kier alpha value is -1.04. The Morgan fingerprint density at radius 3 is 2.11 bits per heavy atom. The summed E-state index contributed by atoms with van der Waals surface area (Å²) in [4.78, 5) is 38.9. The van der Waals surface area contributed by atoms with Gasteiger partial charge in [0.25, 0.3) is 0 Å². The van der Waals surface area contributed by atoms with E-state index in [1.807, 2.05) is 48.5 Å². The van der Waals surface area contributed by atoms with Crippen molar-refractivity contribution in [3.05, 3.63) is 0 Å². The lowest BCUT2D eigenvalue weighted by Crippen LogP contribution is -2.49. The van der Waals surface area contributed by atoms with E-state index in [2.05, 4.69) is 19.2 Å². The average molecular weight is 399 g/mol. The number of nitrogens with zero attached hydrogens (tertiary/aromatic N) is 1. The van der Waals surface area contributed by atoms with E-state index < -0.39 is 5.54 Å². The Bertz CT molecular complexity index is 576. The lowest BCUT2D eigenvalue weighted by atomic mass is 9.79. The van der Waals surface area contributed by atoms with Crippen LogP contribution in [0.2, 0.25) is 0 Å². The SMILES string of the molecule is CC(C)NC(=O)CSC(C)(C)CCC(C)(C)N1C(=O)CC(C(C)(C)C)C1=O. The third-order valence-corrected chi connectivity index (χ3v) is 6.57. The number of thioether (sulfide) groups is 1. The predicted octanol–water partition coefficient (Wildman–Crippen LogP) is 4.00. The van der Waals surface area contributed by atoms with E-state index in [0.717, 1.165) is 6.42 Å². The zero-order valence-electron chi connectivity index (χ0n) is 18.6. The van der Waals surface area contributed by atoms with Crippen molar-refractivity contribution in [2.45, 2.75) is 97.9 Å². The molecule has 0 aromatic carbocycles. The van der Waals surface area contributed by atoms with Gasteiger partial charge in [0, 0.05) is 22.7 Å². The second kappa shape index (κ2) is 8.54. The fraction of sp³-hybridized carbons (Fsp3) is 0.857. The molecule has 1 atom stereocenters. The Morgan fingerprint density at radius 2 is 1.67 bits per heavy atom. The highest BCUT2D eigenvalue weighted by Crippen LogP contribution is 2.40. The van der Waals surface area contributed by atoms with Crippen LogP contribution in [0.3, 0.4) is 0 Å². The molecule has 0 spiro atoms. The third kappa shape index (κ3) is 6.81. The summed E-state index contributed by atoms with van der Waals surface area (Å²) in [6.07, 6.45) is 1.84. The second-order valence-electron chi connectivity index (χ2n) is 10.3. The molecule has 0 bridgehead atoms. The minimum atomic E-state index is -0.522. The van der Waals surface area contributed by atoms with Crippen molar-refractivity contribution in [2.24, 2.45) is 11.3 Å². The van der Waals surface area contributed by atoms with Gasteiger partial charge in [-0.2, -0.15) is 0 Å². The van der Waals surface area contributed by atoms with Gasteiger partial charge in [-0.1, -0.05) is 34.6 Å². The van der Waals surface area contributed by atoms with Crippen molar-refractivity contribution in [2.75, 3.05) is 5.75 Å². The molecule has 1 aliphatic heterocycles. The van der Waals surface area contributed by atoms with Crippen molar-refractivity contribution in [3.63, 3.8) is 0 Å². The van der Waals surface area contributed by atoms with Crippen LogP contribution in [0.25, 0.3) is 0 Å². The first kappa shape index (κ1) is 24.0. The minimum Gasteiger partial charge on any atom is -0.353 e. The first-order valence-corrected chi connectivity index (χ1v) is 10.9. The third-order valence-electron chi connectivity index (χ3n) is 5.18. The van der Waals surface area contributed by atoms with Crippen molar-refractivity contribution >= 4 is 29.5 Å². The number of carbonyl (C=O) groups excluding carboxylic acids is 3. The maximum atomic E-state index is 12.9. The largest absolute Gasteiger partial charge is 0.353 e. The summed E-state index contributed by atoms with van der Waals surface area (Å²) >= 11 is 1.62. The van der Waals surface area contributed by atoms with E-state index in [9.17, 15) is 14.4 Å². The molecular formula is C21H38N2O3S. The highest BCUT2D eigenvalue weighted by atomic mass is 32.2. The van der Waals surface area contributed by atoms with E-state index >= 15 is 0 Å². The van der Waals surface area contributed by atoms with E-state index in [0.29, 0.717) is 18.6 Å². The Balaban J connectivity index is 2.70. The molecule has 156 valence electrons. The topological polar surface area (TPSA) is 66.5 Å². The summed E-state index contributed by atoms with van der Waals surface area (Å²) in [6, 6.07) is 0.142. The van der Waals surface area contributed by atoms with Gasteiger partial charge in [-0.15, -0.1) is 11.8 Å². The fourth-order valence-electron chi connectivity index (χ4n) is 3.36. The van der Waals surface area contributed by atoms with Gasteiger partial charge in [-0.05, 0) is 46.0 Å². The normalized spacial score (nSPS) is 19.2. The minimum absolute atomic E-state index is 0.0419. The van der Waals surface area contributed by atoms with Crippen LogP contribution < -0.4 is 5.32 Å². The lowest BCUT2D eigenvalue weighted by Gasteiger charge is -2.37. The Labute approximate surface area is 169 Å². The highest BCUT2D eigenvalue weighted by Gasteiger charge is 2.49. The molecule has 1 unspecified atom stereocenters. The predicted molar refractivity (Wildman–Crippen MR) is 113 cm³/mol. The van der Waals surface area contributed by atoms with E-state index in [-0.39, 0.29) is 39.8 Å². The highest BCUT2D eigenvalue weighted by molar-refractivity contribution is 8.01. The maximum Gasteiger partial charge on any atom is 0.233 e. The van der Waals surface area contributed by atoms with Gasteiger partial charge in [0.2, 0.25) is 17.7 Å². The first-order valence-electron chi connectivity index (χ1n) is 9.87. The molecular weight excluding hydrogens is 360 g/mol. The van der Waals surface area contributed by atoms with Gasteiger partial charge in [0.15, 0.2) is 0 Å². The zero-order valence-corrected chi connectivity index (χ0v) is 19.4. The second-order valence-corrected chi connectivity index (χ2v) is 12.0. The molecule has 1 aliphatic rings. The summed E-state index contributed by atoms with van der Waals surface area (Å²) < 4.78 is -0.110. The van der Waals surface area contributed by atoms with Crippen LogP contribution in [0.15, 0.2) is 0 Å². The van der Waals surface area contributed by atoms with Crippen LogP contribution in [0.4, 0.5) is 0 Å². The molecule has 1 rings (SSSR count). The molecule has 1 saturated heterocycles. The molecule has 27 heavy (non-hydrogen) atoms. The molecule has 0 aliphatic carbocycles. The molecule has 0 radical (unpaired) electrons. The van der Waals surface area contributed by atoms with E-state index in [4.69, 9.17) is 0 Å². The van der Waals surface area contributed by atoms with E-state index in [1.54, 1.807) is 11.8 Å². The van der Waals surface area contributed by atoms with Crippen molar-refractivity contribution in [1.82, 2.24) is 10.2 Å². The molecule has 3 amide bonds. The molecule has 0 aromatic rings. The van der Waals surface area contributed by atoms with Crippen LogP contribution in [0.1, 0.15) is 81.6 Å². The van der Waals surface area contributed by atoms with Crippen LogP contribution in [-0.2, 0) is 14.4 Å². The van der Waals surface area contributed by atoms with Gasteiger partial charge >= 0.3 is 0 Å². The summed E-state index contributed by atoms with van der Waals surface area (Å²) in [5.41, 5.74) is -0.733. The standard InChI is InChI=1S/C21H38N2O3S/c1-14(2)22-16(24)13-27-21(8,9)11-10-20(6,7)23-17(25)12-15(18(23)26)19(3,4)5/h14-15H,10-13H2,1-9H3,(H,22,24). The van der Waals surface area contributed by atoms with Gasteiger partial charge < -0.3 is 5.32 Å². The first-order chi connectivity index (χ1) is 12.1. The number of amides is 3. The lowest BCUT2D eigenvalue weighted by molar-refractivity contribution is -0.146. The number of hydrogen-bond acceptors (Lipinski definition) is 4. The Morgan fingerprint density at radius 1 is 1.11 bits per heavy atom. The van der Waals surface area contributed by atoms with Crippen LogP contribution >= 0.6 is 11.8 Å². The quantitative estimate of drug-likeness (QED) is 0.628. The number of imide groups is 1. The number of likely N-dealkylation sites (tertiary alicyclic amines) is 1. The number of hydrogen-bond donors (Lipinski definition) is 1. The summed E-state index contributed by atoms with van der Waals surface area (Å²) in [5, 5.41) is 2.91. The van der Waals surface area contributed by atoms with Crippen LogP contribution in [0, 0.1) is 11.3 Å². The van der Waals surface area contributed by atoms with Gasteiger partial charge in [-0.3, -0.25) is 19.3 Å². The summed E-state index contributed by atoms with van der Waals surface area (Å²) in [6.45, 7) is 18.1. The van der Waals surface area contributed by atoms with E-state index in [1.165, 1.54) is 4.90 Å². The van der Waals surface area contributed by atoms with Crippen molar-refractivity contribution in [1.29, 1.82) is 0 Å².